The second kappa shape index (κ2) is 6.76. The molecule has 0 spiro atoms. The van der Waals surface area contributed by atoms with Crippen LogP contribution >= 0.6 is 23.2 Å². The number of halogens is 2. The van der Waals surface area contributed by atoms with E-state index in [9.17, 15) is 10.1 Å². The highest BCUT2D eigenvalue weighted by Gasteiger charge is 2.17. The van der Waals surface area contributed by atoms with Gasteiger partial charge in [-0.15, -0.1) is 0 Å². The molecular weight excluding hydrogens is 305 g/mol. The molecule has 0 aliphatic rings. The van der Waals surface area contributed by atoms with Crippen LogP contribution in [0.1, 0.15) is 33.8 Å². The van der Waals surface area contributed by atoms with E-state index in [4.69, 9.17) is 23.2 Å². The molecule has 0 aliphatic heterocycles. The molecule has 0 radical (unpaired) electrons. The number of nitrogens with zero attached hydrogens (tertiary/aromatic N) is 1. The first-order valence-corrected chi connectivity index (χ1v) is 7.21. The fourth-order valence-electron chi connectivity index (χ4n) is 2.05. The number of aryl methyl sites for hydroxylation is 1. The van der Waals surface area contributed by atoms with Gasteiger partial charge in [0.25, 0.3) is 0 Å². The van der Waals surface area contributed by atoms with E-state index in [1.165, 1.54) is 0 Å². The first kappa shape index (κ1) is 15.6. The van der Waals surface area contributed by atoms with E-state index in [0.717, 1.165) is 11.1 Å². The van der Waals surface area contributed by atoms with E-state index in [2.05, 4.69) is 6.07 Å². The number of hydrogen-bond acceptors (Lipinski definition) is 2. The van der Waals surface area contributed by atoms with E-state index in [1.54, 1.807) is 42.5 Å². The second-order valence-corrected chi connectivity index (χ2v) is 5.67. The number of rotatable bonds is 4. The van der Waals surface area contributed by atoms with Gasteiger partial charge in [0.05, 0.1) is 12.0 Å². The summed E-state index contributed by atoms with van der Waals surface area (Å²) in [7, 11) is 0. The molecule has 0 fully saturated rings. The van der Waals surface area contributed by atoms with E-state index in [-0.39, 0.29) is 12.2 Å². The molecule has 21 heavy (non-hydrogen) atoms. The molecule has 0 unspecified atom stereocenters. The van der Waals surface area contributed by atoms with Crippen molar-refractivity contribution >= 4 is 29.0 Å². The molecule has 0 aliphatic carbocycles. The number of nitriles is 1. The van der Waals surface area contributed by atoms with Gasteiger partial charge in [0, 0.05) is 22.0 Å². The maximum Gasteiger partial charge on any atom is 0.164 e. The second-order valence-electron chi connectivity index (χ2n) is 4.82. The predicted molar refractivity (Wildman–Crippen MR) is 84.9 cm³/mol. The minimum Gasteiger partial charge on any atom is -0.294 e. The number of ketones is 1. The highest BCUT2D eigenvalue weighted by Crippen LogP contribution is 2.24. The lowest BCUT2D eigenvalue weighted by molar-refractivity contribution is 0.0979. The Labute approximate surface area is 133 Å². The van der Waals surface area contributed by atoms with Crippen LogP contribution in [-0.2, 0) is 0 Å². The number of carbonyl (C=O) groups excluding carboxylic acids is 1. The molecule has 0 saturated carbocycles. The van der Waals surface area contributed by atoms with Crippen molar-refractivity contribution in [2.75, 3.05) is 0 Å². The predicted octanol–water partition coefficient (Wildman–Crippen LogP) is 5.18. The summed E-state index contributed by atoms with van der Waals surface area (Å²) in [5.41, 5.74) is 2.22. The fourth-order valence-corrected chi connectivity index (χ4v) is 2.30. The van der Waals surface area contributed by atoms with Gasteiger partial charge in [0.15, 0.2) is 5.78 Å². The molecular formula is C17H13Cl2NO. The summed E-state index contributed by atoms with van der Waals surface area (Å²) in [6.07, 6.45) is 0.138. The van der Waals surface area contributed by atoms with Crippen LogP contribution in [0.3, 0.4) is 0 Å². The number of hydrogen-bond donors (Lipinski definition) is 0. The molecule has 4 heteroatoms. The largest absolute Gasteiger partial charge is 0.294 e. The van der Waals surface area contributed by atoms with Crippen LogP contribution in [-0.4, -0.2) is 5.78 Å². The maximum absolute atomic E-state index is 12.3. The normalized spacial score (nSPS) is 11.7. The van der Waals surface area contributed by atoms with Gasteiger partial charge >= 0.3 is 0 Å². The molecule has 0 bridgehead atoms. The van der Waals surface area contributed by atoms with Gasteiger partial charge in [-0.2, -0.15) is 5.26 Å². The SMILES string of the molecule is Cc1cc(C(=O)C[C@@H](C#N)c2ccc(Cl)cc2)ccc1Cl. The zero-order valence-electron chi connectivity index (χ0n) is 11.4. The third-order valence-corrected chi connectivity index (χ3v) is 3.97. The van der Waals surface area contributed by atoms with Gasteiger partial charge in [0.1, 0.15) is 0 Å². The first-order valence-electron chi connectivity index (χ1n) is 6.45. The van der Waals surface area contributed by atoms with Crippen LogP contribution in [0.15, 0.2) is 42.5 Å². The summed E-state index contributed by atoms with van der Waals surface area (Å²) in [5.74, 6) is -0.554. The lowest BCUT2D eigenvalue weighted by Crippen LogP contribution is -2.06. The van der Waals surface area contributed by atoms with Crippen molar-refractivity contribution in [1.82, 2.24) is 0 Å². The third kappa shape index (κ3) is 3.85. The van der Waals surface area contributed by atoms with Crippen LogP contribution in [0.25, 0.3) is 0 Å². The average Bonchev–Trinajstić information content (AvgIpc) is 2.48. The van der Waals surface area contributed by atoms with Crippen molar-refractivity contribution in [1.29, 1.82) is 5.26 Å². The Morgan fingerprint density at radius 3 is 2.43 bits per heavy atom. The van der Waals surface area contributed by atoms with E-state index >= 15 is 0 Å². The monoisotopic (exact) mass is 317 g/mol. The van der Waals surface area contributed by atoms with Crippen molar-refractivity contribution in [3.05, 3.63) is 69.2 Å². The summed E-state index contributed by atoms with van der Waals surface area (Å²) >= 11 is 11.8. The van der Waals surface area contributed by atoms with Gasteiger partial charge in [-0.25, -0.2) is 0 Å². The van der Waals surface area contributed by atoms with Gasteiger partial charge in [-0.1, -0.05) is 35.3 Å². The van der Waals surface area contributed by atoms with Gasteiger partial charge < -0.3 is 0 Å². The van der Waals surface area contributed by atoms with E-state index in [0.29, 0.717) is 15.6 Å². The minimum atomic E-state index is -0.481. The van der Waals surface area contributed by atoms with Crippen LogP contribution in [0.2, 0.25) is 10.0 Å². The minimum absolute atomic E-state index is 0.0729. The molecule has 0 heterocycles. The quantitative estimate of drug-likeness (QED) is 0.729. The summed E-state index contributed by atoms with van der Waals surface area (Å²) in [6, 6.07) is 14.3. The molecule has 0 aromatic heterocycles. The molecule has 2 aromatic carbocycles. The molecule has 0 saturated heterocycles. The van der Waals surface area contributed by atoms with Crippen molar-refractivity contribution in [2.45, 2.75) is 19.3 Å². The lowest BCUT2D eigenvalue weighted by atomic mass is 9.92. The Bertz CT molecular complexity index is 702. The molecule has 2 aromatic rings. The molecule has 2 rings (SSSR count). The Hall–Kier alpha value is -1.82. The van der Waals surface area contributed by atoms with Crippen LogP contribution in [0.4, 0.5) is 0 Å². The fraction of sp³-hybridized carbons (Fsp3) is 0.176. The van der Waals surface area contributed by atoms with E-state index < -0.39 is 5.92 Å². The van der Waals surface area contributed by atoms with Gasteiger partial charge in [-0.3, -0.25) is 4.79 Å². The summed E-state index contributed by atoms with van der Waals surface area (Å²) < 4.78 is 0. The van der Waals surface area contributed by atoms with Crippen LogP contribution in [0.5, 0.6) is 0 Å². The zero-order chi connectivity index (χ0) is 15.4. The molecule has 0 N–H and O–H groups in total. The average molecular weight is 318 g/mol. The zero-order valence-corrected chi connectivity index (χ0v) is 12.9. The lowest BCUT2D eigenvalue weighted by Gasteiger charge is -2.09. The smallest absolute Gasteiger partial charge is 0.164 e. The number of benzene rings is 2. The van der Waals surface area contributed by atoms with Gasteiger partial charge in [-0.05, 0) is 48.4 Å². The maximum atomic E-state index is 12.3. The highest BCUT2D eigenvalue weighted by molar-refractivity contribution is 6.31. The molecule has 1 atom stereocenters. The van der Waals surface area contributed by atoms with Crippen molar-refractivity contribution < 1.29 is 4.79 Å². The standard InChI is InChI=1S/C17H13Cl2NO/c1-11-8-13(4-7-16(11)19)17(21)9-14(10-20)12-2-5-15(18)6-3-12/h2-8,14H,9H2,1H3/t14-/m0/s1. The van der Waals surface area contributed by atoms with Crippen molar-refractivity contribution in [3.63, 3.8) is 0 Å². The first-order chi connectivity index (χ1) is 10.0. The van der Waals surface area contributed by atoms with Gasteiger partial charge in [0.2, 0.25) is 0 Å². The highest BCUT2D eigenvalue weighted by atomic mass is 35.5. The summed E-state index contributed by atoms with van der Waals surface area (Å²) in [4.78, 5) is 12.3. The Kier molecular flexibility index (Phi) is 5.01. The topological polar surface area (TPSA) is 40.9 Å². The van der Waals surface area contributed by atoms with Crippen molar-refractivity contribution in [3.8, 4) is 6.07 Å². The Balaban J connectivity index is 2.18. The van der Waals surface area contributed by atoms with E-state index in [1.807, 2.05) is 6.92 Å². The van der Waals surface area contributed by atoms with Crippen molar-refractivity contribution in [2.24, 2.45) is 0 Å². The molecule has 0 amide bonds. The Morgan fingerprint density at radius 1 is 1.19 bits per heavy atom. The summed E-state index contributed by atoms with van der Waals surface area (Å²) in [5, 5.41) is 10.5. The molecule has 106 valence electrons. The number of carbonyl (C=O) groups is 1. The number of Topliss-reactive ketones (excluding diaryl/α,β-unsaturated/α-hetero) is 1. The molecule has 2 nitrogen and oxygen atoms in total. The summed E-state index contributed by atoms with van der Waals surface area (Å²) in [6.45, 7) is 1.85. The van der Waals surface area contributed by atoms with Crippen LogP contribution in [0, 0.1) is 18.3 Å². The third-order valence-electron chi connectivity index (χ3n) is 3.30. The van der Waals surface area contributed by atoms with Crippen LogP contribution < -0.4 is 0 Å². The Morgan fingerprint density at radius 2 is 1.86 bits per heavy atom.